The Morgan fingerprint density at radius 2 is 1.81 bits per heavy atom. The Kier molecular flexibility index (Phi) is 6.18. The van der Waals surface area contributed by atoms with Gasteiger partial charge in [0.1, 0.15) is 11.6 Å². The molecule has 0 radical (unpaired) electrons. The van der Waals surface area contributed by atoms with Crippen molar-refractivity contribution in [3.8, 4) is 6.07 Å². The van der Waals surface area contributed by atoms with E-state index in [1.54, 1.807) is 18.2 Å². The van der Waals surface area contributed by atoms with Crippen LogP contribution >= 0.6 is 11.6 Å². The van der Waals surface area contributed by atoms with E-state index in [9.17, 15) is 17.2 Å². The molecule has 1 atom stereocenters. The number of anilines is 1. The number of halogens is 3. The number of rotatable bonds is 5. The molecule has 164 valence electrons. The van der Waals surface area contributed by atoms with Gasteiger partial charge in [0.05, 0.1) is 22.2 Å². The lowest BCUT2D eigenvalue weighted by atomic mass is 9.94. The minimum absolute atomic E-state index is 0.0104. The molecule has 1 aliphatic rings. The van der Waals surface area contributed by atoms with E-state index >= 15 is 0 Å². The van der Waals surface area contributed by atoms with Crippen LogP contribution in [0.25, 0.3) is 0 Å². The Hall–Kier alpha value is -2.95. The van der Waals surface area contributed by atoms with Crippen molar-refractivity contribution in [2.24, 2.45) is 0 Å². The smallest absolute Gasteiger partial charge is 0.263 e. The maximum absolute atomic E-state index is 14.3. The van der Waals surface area contributed by atoms with Crippen molar-refractivity contribution >= 4 is 27.3 Å². The molecule has 0 fully saturated rings. The molecular weight excluding hydrogens is 454 g/mol. The molecule has 1 heterocycles. The van der Waals surface area contributed by atoms with Gasteiger partial charge in [0.25, 0.3) is 10.0 Å². The second-order valence-electron chi connectivity index (χ2n) is 7.68. The Labute approximate surface area is 190 Å². The topological polar surface area (TPSA) is 61.2 Å². The number of benzene rings is 3. The van der Waals surface area contributed by atoms with Crippen LogP contribution in [-0.4, -0.2) is 14.5 Å². The summed E-state index contributed by atoms with van der Waals surface area (Å²) in [6, 6.07) is 15.6. The van der Waals surface area contributed by atoms with Crippen molar-refractivity contribution in [1.82, 2.24) is 0 Å². The van der Waals surface area contributed by atoms with Crippen LogP contribution in [0, 0.1) is 23.0 Å². The van der Waals surface area contributed by atoms with Crippen LogP contribution < -0.4 is 4.31 Å². The van der Waals surface area contributed by atoms with Gasteiger partial charge >= 0.3 is 0 Å². The van der Waals surface area contributed by atoms with Gasteiger partial charge in [-0.05, 0) is 85.3 Å². The number of hydrogen-bond donors (Lipinski definition) is 0. The Bertz CT molecular complexity index is 1300. The lowest BCUT2D eigenvalue weighted by Crippen LogP contribution is -2.44. The average Bonchev–Trinajstić information content (AvgIpc) is 2.78. The minimum Gasteiger partial charge on any atom is -0.263 e. The summed E-state index contributed by atoms with van der Waals surface area (Å²) >= 11 is 5.83. The van der Waals surface area contributed by atoms with Crippen LogP contribution in [0.15, 0.2) is 65.6 Å². The molecule has 3 aromatic carbocycles. The van der Waals surface area contributed by atoms with E-state index in [1.165, 1.54) is 46.8 Å². The predicted octanol–water partition coefficient (Wildman–Crippen LogP) is 5.63. The zero-order valence-electron chi connectivity index (χ0n) is 16.9. The summed E-state index contributed by atoms with van der Waals surface area (Å²) in [5.74, 6) is -0.977. The second-order valence-corrected chi connectivity index (χ2v) is 9.93. The highest BCUT2D eigenvalue weighted by molar-refractivity contribution is 7.92. The number of aryl methyl sites for hydroxylation is 2. The van der Waals surface area contributed by atoms with Gasteiger partial charge in [-0.2, -0.15) is 5.26 Å². The summed E-state index contributed by atoms with van der Waals surface area (Å²) in [5.41, 5.74) is 1.80. The first kappa shape index (κ1) is 22.3. The van der Waals surface area contributed by atoms with Gasteiger partial charge in [-0.1, -0.05) is 23.7 Å². The number of nitrogens with zero attached hydrogens (tertiary/aromatic N) is 2. The molecule has 0 amide bonds. The Balaban J connectivity index is 1.72. The van der Waals surface area contributed by atoms with Crippen LogP contribution in [-0.2, 0) is 22.9 Å². The normalized spacial score (nSPS) is 15.8. The van der Waals surface area contributed by atoms with E-state index in [1.807, 2.05) is 6.07 Å². The number of nitriles is 1. The predicted molar refractivity (Wildman–Crippen MR) is 119 cm³/mol. The van der Waals surface area contributed by atoms with Crippen LogP contribution in [0.5, 0.6) is 0 Å². The van der Waals surface area contributed by atoms with E-state index in [0.29, 0.717) is 47.5 Å². The van der Waals surface area contributed by atoms with Gasteiger partial charge in [0.15, 0.2) is 0 Å². The molecule has 1 aliphatic heterocycles. The zero-order valence-corrected chi connectivity index (χ0v) is 18.5. The van der Waals surface area contributed by atoms with E-state index < -0.39 is 27.7 Å². The Morgan fingerprint density at radius 3 is 2.50 bits per heavy atom. The minimum atomic E-state index is -4.05. The van der Waals surface area contributed by atoms with Crippen LogP contribution in [0.4, 0.5) is 14.5 Å². The molecule has 0 aliphatic carbocycles. The molecule has 0 saturated carbocycles. The zero-order chi connectivity index (χ0) is 22.9. The maximum Gasteiger partial charge on any atom is 0.264 e. The van der Waals surface area contributed by atoms with Crippen molar-refractivity contribution < 1.29 is 17.2 Å². The van der Waals surface area contributed by atoms with E-state index in [4.69, 9.17) is 16.9 Å². The largest absolute Gasteiger partial charge is 0.264 e. The Morgan fingerprint density at radius 1 is 1.06 bits per heavy atom. The van der Waals surface area contributed by atoms with Gasteiger partial charge in [-0.25, -0.2) is 17.2 Å². The SMILES string of the molecule is N#Cc1ccc(S(=O)(=O)N2c3cc(F)ccc3CCC2CCc2ccc(Cl)cc2F)cc1. The van der Waals surface area contributed by atoms with Crippen LogP contribution in [0.2, 0.25) is 5.02 Å². The molecule has 4 nitrogen and oxygen atoms in total. The first-order valence-electron chi connectivity index (χ1n) is 10.1. The molecule has 3 aromatic rings. The fourth-order valence-electron chi connectivity index (χ4n) is 4.04. The average molecular weight is 473 g/mol. The molecule has 0 spiro atoms. The number of fused-ring (bicyclic) bond motifs is 1. The third kappa shape index (κ3) is 4.34. The third-order valence-electron chi connectivity index (χ3n) is 5.67. The van der Waals surface area contributed by atoms with Crippen LogP contribution in [0.1, 0.15) is 29.5 Å². The van der Waals surface area contributed by atoms with Gasteiger partial charge in [-0.3, -0.25) is 4.31 Å². The molecule has 0 bridgehead atoms. The highest BCUT2D eigenvalue weighted by Crippen LogP contribution is 2.37. The first-order chi connectivity index (χ1) is 15.3. The molecule has 8 heteroatoms. The summed E-state index contributed by atoms with van der Waals surface area (Å²) in [4.78, 5) is 0.0104. The van der Waals surface area contributed by atoms with Gasteiger partial charge in [0, 0.05) is 11.1 Å². The molecule has 4 rings (SSSR count). The van der Waals surface area contributed by atoms with Gasteiger partial charge in [0.2, 0.25) is 0 Å². The molecule has 0 aromatic heterocycles. The van der Waals surface area contributed by atoms with Crippen molar-refractivity contribution in [2.75, 3.05) is 4.31 Å². The molecule has 1 unspecified atom stereocenters. The van der Waals surface area contributed by atoms with Crippen molar-refractivity contribution in [3.05, 3.63) is 94.0 Å². The van der Waals surface area contributed by atoms with Crippen molar-refractivity contribution in [1.29, 1.82) is 5.26 Å². The van der Waals surface area contributed by atoms with Crippen molar-refractivity contribution in [2.45, 2.75) is 36.6 Å². The lowest BCUT2D eigenvalue weighted by Gasteiger charge is -2.38. The van der Waals surface area contributed by atoms with Gasteiger partial charge in [-0.15, -0.1) is 0 Å². The summed E-state index contributed by atoms with van der Waals surface area (Å²) < 4.78 is 56.9. The molecule has 32 heavy (non-hydrogen) atoms. The quantitative estimate of drug-likeness (QED) is 0.483. The summed E-state index contributed by atoms with van der Waals surface area (Å²) in [6.07, 6.45) is 1.76. The monoisotopic (exact) mass is 472 g/mol. The van der Waals surface area contributed by atoms with E-state index in [2.05, 4.69) is 0 Å². The van der Waals surface area contributed by atoms with E-state index in [0.717, 1.165) is 5.56 Å². The second kappa shape index (κ2) is 8.89. The number of sulfonamides is 1. The fourth-order valence-corrected chi connectivity index (χ4v) is 5.94. The summed E-state index contributed by atoms with van der Waals surface area (Å²) in [5, 5.41) is 9.30. The lowest BCUT2D eigenvalue weighted by molar-refractivity contribution is 0.515. The van der Waals surface area contributed by atoms with Crippen molar-refractivity contribution in [3.63, 3.8) is 0 Å². The molecular formula is C24H19ClF2N2O2S. The summed E-state index contributed by atoms with van der Waals surface area (Å²) in [6.45, 7) is 0. The maximum atomic E-state index is 14.3. The highest BCUT2D eigenvalue weighted by Gasteiger charge is 2.36. The third-order valence-corrected chi connectivity index (χ3v) is 7.78. The highest BCUT2D eigenvalue weighted by atomic mass is 35.5. The van der Waals surface area contributed by atoms with Gasteiger partial charge < -0.3 is 0 Å². The molecule has 0 saturated heterocycles. The van der Waals surface area contributed by atoms with E-state index in [-0.39, 0.29) is 4.90 Å². The molecule has 0 N–H and O–H groups in total. The van der Waals surface area contributed by atoms with Crippen LogP contribution in [0.3, 0.4) is 0 Å². The standard InChI is InChI=1S/C24H19ClF2N2O2S/c25-19-7-3-17(23(27)13-19)5-9-21-10-6-18-4-8-20(26)14-24(18)29(21)32(30,31)22-11-1-16(15-28)2-12-22/h1-4,7-8,11-14,21H,5-6,9-10H2. The fraction of sp³-hybridized carbons (Fsp3) is 0.208. The number of hydrogen-bond acceptors (Lipinski definition) is 3. The first-order valence-corrected chi connectivity index (χ1v) is 11.9. The summed E-state index contributed by atoms with van der Waals surface area (Å²) in [7, 11) is -4.05.